The Hall–Kier alpha value is -3.07. The van der Waals surface area contributed by atoms with Gasteiger partial charge in [-0.2, -0.15) is 5.10 Å². The van der Waals surface area contributed by atoms with E-state index in [1.54, 1.807) is 17.5 Å². The number of amides is 1. The summed E-state index contributed by atoms with van der Waals surface area (Å²) in [5.41, 5.74) is 3.07. The molecule has 1 aromatic carbocycles. The highest BCUT2D eigenvalue weighted by Crippen LogP contribution is 2.28. The van der Waals surface area contributed by atoms with Crippen LogP contribution >= 0.6 is 11.3 Å². The third kappa shape index (κ3) is 4.61. The molecule has 0 aliphatic carbocycles. The summed E-state index contributed by atoms with van der Waals surface area (Å²) in [5.74, 6) is -0.109. The first-order chi connectivity index (χ1) is 16.6. The van der Waals surface area contributed by atoms with Crippen molar-refractivity contribution in [1.82, 2.24) is 25.0 Å². The minimum absolute atomic E-state index is 0.109. The molecule has 1 N–H and O–H groups in total. The topological polar surface area (TPSA) is 72.3 Å². The first kappa shape index (κ1) is 22.7. The van der Waals surface area contributed by atoms with Crippen LogP contribution in [-0.2, 0) is 4.74 Å². The predicted molar refractivity (Wildman–Crippen MR) is 135 cm³/mol. The van der Waals surface area contributed by atoms with Crippen LogP contribution in [0.2, 0.25) is 0 Å². The Morgan fingerprint density at radius 3 is 2.65 bits per heavy atom. The van der Waals surface area contributed by atoms with E-state index in [2.05, 4.69) is 46.7 Å². The Balaban J connectivity index is 1.47. The van der Waals surface area contributed by atoms with Crippen LogP contribution in [0.15, 0.2) is 60.1 Å². The van der Waals surface area contributed by atoms with Crippen LogP contribution in [0.1, 0.15) is 41.2 Å². The average molecular weight is 476 g/mol. The fourth-order valence-corrected chi connectivity index (χ4v) is 5.27. The zero-order chi connectivity index (χ0) is 23.5. The van der Waals surface area contributed by atoms with E-state index in [1.165, 1.54) is 4.88 Å². The van der Waals surface area contributed by atoms with Crippen LogP contribution in [0, 0.1) is 0 Å². The van der Waals surface area contributed by atoms with Crippen molar-refractivity contribution >= 4 is 28.3 Å². The number of nitrogens with zero attached hydrogens (tertiary/aromatic N) is 4. The summed E-state index contributed by atoms with van der Waals surface area (Å²) >= 11 is 1.72. The monoisotopic (exact) mass is 475 g/mol. The van der Waals surface area contributed by atoms with Crippen LogP contribution in [0.3, 0.4) is 0 Å². The van der Waals surface area contributed by atoms with Gasteiger partial charge in [-0.3, -0.25) is 9.69 Å². The molecule has 1 saturated heterocycles. The van der Waals surface area contributed by atoms with Crippen LogP contribution < -0.4 is 5.32 Å². The first-order valence-electron chi connectivity index (χ1n) is 11.7. The summed E-state index contributed by atoms with van der Waals surface area (Å²) in [6.45, 7) is 7.82. The van der Waals surface area contributed by atoms with Gasteiger partial charge in [0.25, 0.3) is 5.91 Å². The number of ether oxygens (including phenoxy) is 1. The maximum atomic E-state index is 13.6. The van der Waals surface area contributed by atoms with Crippen molar-refractivity contribution in [3.05, 3.63) is 70.5 Å². The number of rotatable bonds is 7. The van der Waals surface area contributed by atoms with Crippen LogP contribution in [0.4, 0.5) is 0 Å². The molecule has 0 bridgehead atoms. The van der Waals surface area contributed by atoms with E-state index in [1.807, 2.05) is 41.1 Å². The average Bonchev–Trinajstić information content (AvgIpc) is 3.55. The van der Waals surface area contributed by atoms with Crippen LogP contribution in [0.5, 0.6) is 0 Å². The van der Waals surface area contributed by atoms with Gasteiger partial charge in [0.05, 0.1) is 42.1 Å². The minimum Gasteiger partial charge on any atom is -0.379 e. The van der Waals surface area contributed by atoms with Gasteiger partial charge in [-0.05, 0) is 31.4 Å². The van der Waals surface area contributed by atoms with Crippen molar-refractivity contribution in [3.8, 4) is 11.3 Å². The van der Waals surface area contributed by atoms with Crippen molar-refractivity contribution in [2.24, 2.45) is 0 Å². The van der Waals surface area contributed by atoms with Gasteiger partial charge in [-0.25, -0.2) is 9.67 Å². The summed E-state index contributed by atoms with van der Waals surface area (Å²) < 4.78 is 7.42. The number of morpholine rings is 1. The van der Waals surface area contributed by atoms with Gasteiger partial charge in [0.2, 0.25) is 0 Å². The van der Waals surface area contributed by atoms with E-state index in [4.69, 9.17) is 9.72 Å². The molecule has 0 radical (unpaired) electrons. The van der Waals surface area contributed by atoms with Crippen LogP contribution in [-0.4, -0.2) is 58.4 Å². The molecular formula is C26H29N5O2S. The highest BCUT2D eigenvalue weighted by Gasteiger charge is 2.25. The van der Waals surface area contributed by atoms with E-state index in [0.29, 0.717) is 12.1 Å². The number of benzene rings is 1. The molecule has 7 nitrogen and oxygen atoms in total. The number of nitrogens with one attached hydrogen (secondary N) is 1. The van der Waals surface area contributed by atoms with Crippen molar-refractivity contribution in [2.75, 3.05) is 32.8 Å². The molecule has 3 aromatic heterocycles. The second-order valence-electron chi connectivity index (χ2n) is 8.73. The fourth-order valence-electron chi connectivity index (χ4n) is 4.40. The Labute approximate surface area is 203 Å². The molecule has 4 heterocycles. The number of thiophene rings is 1. The Morgan fingerprint density at radius 1 is 1.15 bits per heavy atom. The lowest BCUT2D eigenvalue weighted by molar-refractivity contribution is 0.0169. The van der Waals surface area contributed by atoms with Gasteiger partial charge in [0.15, 0.2) is 5.65 Å². The Kier molecular flexibility index (Phi) is 6.71. The van der Waals surface area contributed by atoms with Crippen molar-refractivity contribution in [1.29, 1.82) is 0 Å². The molecule has 1 fully saturated rings. The highest BCUT2D eigenvalue weighted by molar-refractivity contribution is 7.10. The molecule has 8 heteroatoms. The summed E-state index contributed by atoms with van der Waals surface area (Å²) in [7, 11) is 0. The minimum atomic E-state index is -0.109. The summed E-state index contributed by atoms with van der Waals surface area (Å²) in [5, 5.41) is 10.6. The maximum Gasteiger partial charge on any atom is 0.252 e. The number of fused-ring (bicyclic) bond motifs is 1. The smallest absolute Gasteiger partial charge is 0.252 e. The number of carbonyl (C=O) groups is 1. The lowest BCUT2D eigenvalue weighted by Crippen LogP contribution is -2.43. The lowest BCUT2D eigenvalue weighted by atomic mass is 10.1. The zero-order valence-electron chi connectivity index (χ0n) is 19.5. The van der Waals surface area contributed by atoms with E-state index >= 15 is 0 Å². The van der Waals surface area contributed by atoms with Gasteiger partial charge in [-0.1, -0.05) is 36.4 Å². The number of carbonyl (C=O) groups excluding carboxylic acids is 1. The molecule has 0 spiro atoms. The molecule has 1 amide bonds. The molecule has 1 atom stereocenters. The van der Waals surface area contributed by atoms with Crippen LogP contribution in [0.25, 0.3) is 22.3 Å². The van der Waals surface area contributed by atoms with Gasteiger partial charge in [-0.15, -0.1) is 11.3 Å². The zero-order valence-corrected chi connectivity index (χ0v) is 20.3. The third-order valence-electron chi connectivity index (χ3n) is 6.18. The van der Waals surface area contributed by atoms with Crippen molar-refractivity contribution in [3.63, 3.8) is 0 Å². The number of aromatic nitrogens is 3. The Bertz CT molecular complexity index is 1250. The standard InChI is InChI=1S/C26H29N5O2S/c1-18(2)31-25-21(16-28-31)20(15-22(29-25)19-7-4-3-5-8-19)26(32)27-17-23(24-9-6-14-34-24)30-10-12-33-13-11-30/h3-9,14-16,18,23H,10-13,17H2,1-2H3,(H,27,32)/t23-/m1/s1. The normalized spacial score (nSPS) is 15.6. The second-order valence-corrected chi connectivity index (χ2v) is 9.71. The molecule has 1 aliphatic rings. The maximum absolute atomic E-state index is 13.6. The summed E-state index contributed by atoms with van der Waals surface area (Å²) in [6.07, 6.45) is 1.75. The van der Waals surface area contributed by atoms with Gasteiger partial charge < -0.3 is 10.1 Å². The van der Waals surface area contributed by atoms with Crippen molar-refractivity contribution < 1.29 is 9.53 Å². The molecule has 0 unspecified atom stereocenters. The molecule has 1 aliphatic heterocycles. The summed E-state index contributed by atoms with van der Waals surface area (Å²) in [6, 6.07) is 16.3. The van der Waals surface area contributed by atoms with E-state index < -0.39 is 0 Å². The number of pyridine rings is 1. The molecule has 4 aromatic rings. The van der Waals surface area contributed by atoms with Gasteiger partial charge in [0.1, 0.15) is 0 Å². The predicted octanol–water partition coefficient (Wildman–Crippen LogP) is 4.54. The summed E-state index contributed by atoms with van der Waals surface area (Å²) in [4.78, 5) is 22.1. The quantitative estimate of drug-likeness (QED) is 0.425. The number of hydrogen-bond acceptors (Lipinski definition) is 6. The SMILES string of the molecule is CC(C)n1ncc2c(C(=O)NC[C@H](c3cccs3)N3CCOCC3)cc(-c3ccccc3)nc21. The van der Waals surface area contributed by atoms with Gasteiger partial charge >= 0.3 is 0 Å². The van der Waals surface area contributed by atoms with E-state index in [0.717, 1.165) is 48.6 Å². The number of hydrogen-bond donors (Lipinski definition) is 1. The van der Waals surface area contributed by atoms with Gasteiger partial charge in [0, 0.05) is 36.1 Å². The van der Waals surface area contributed by atoms with E-state index in [-0.39, 0.29) is 18.0 Å². The fraction of sp³-hybridized carbons (Fsp3) is 0.346. The molecule has 34 heavy (non-hydrogen) atoms. The first-order valence-corrected chi connectivity index (χ1v) is 12.6. The molecule has 0 saturated carbocycles. The lowest BCUT2D eigenvalue weighted by Gasteiger charge is -2.34. The Morgan fingerprint density at radius 2 is 1.94 bits per heavy atom. The molecule has 176 valence electrons. The molecular weight excluding hydrogens is 446 g/mol. The largest absolute Gasteiger partial charge is 0.379 e. The van der Waals surface area contributed by atoms with Crippen molar-refractivity contribution in [2.45, 2.75) is 25.9 Å². The second kappa shape index (κ2) is 10.0. The molecule has 5 rings (SSSR count). The van der Waals surface area contributed by atoms with E-state index in [9.17, 15) is 4.79 Å². The highest BCUT2D eigenvalue weighted by atomic mass is 32.1. The third-order valence-corrected chi connectivity index (χ3v) is 7.16.